The average molecular weight is 277 g/mol. The maximum Gasteiger partial charge on any atom is 0.326 e. The van der Waals surface area contributed by atoms with Crippen LogP contribution in [0.15, 0.2) is 12.4 Å². The van der Waals surface area contributed by atoms with E-state index in [4.69, 9.17) is 0 Å². The van der Waals surface area contributed by atoms with Gasteiger partial charge in [-0.1, -0.05) is 32.6 Å². The van der Waals surface area contributed by atoms with Crippen molar-refractivity contribution in [3.8, 4) is 0 Å². The molecule has 1 aromatic heterocycles. The maximum absolute atomic E-state index is 11.5. The van der Waals surface area contributed by atoms with Gasteiger partial charge in [-0.15, -0.1) is 0 Å². The molecule has 5 heteroatoms. The number of carboxylic acid groups (broad SMARTS) is 1. The second-order valence-electron chi connectivity index (χ2n) is 5.50. The van der Waals surface area contributed by atoms with E-state index in [0.29, 0.717) is 5.82 Å². The Labute approximate surface area is 119 Å². The number of hydrogen-bond acceptors (Lipinski definition) is 4. The molecule has 0 aliphatic heterocycles. The van der Waals surface area contributed by atoms with Gasteiger partial charge in [-0.2, -0.15) is 0 Å². The van der Waals surface area contributed by atoms with Crippen LogP contribution < -0.4 is 5.32 Å². The number of nitrogens with one attached hydrogen (secondary N) is 1. The molecule has 1 atom stereocenters. The molecular formula is C15H23N3O2. The average Bonchev–Trinajstić information content (AvgIpc) is 2.46. The van der Waals surface area contributed by atoms with Crippen LogP contribution in [0.3, 0.4) is 0 Å². The number of aliphatic carboxylic acids is 1. The van der Waals surface area contributed by atoms with Crippen molar-refractivity contribution in [3.05, 3.63) is 18.1 Å². The largest absolute Gasteiger partial charge is 0.480 e. The molecule has 0 saturated heterocycles. The molecule has 5 nitrogen and oxygen atoms in total. The van der Waals surface area contributed by atoms with Crippen molar-refractivity contribution in [2.45, 2.75) is 57.9 Å². The van der Waals surface area contributed by atoms with Gasteiger partial charge < -0.3 is 10.4 Å². The van der Waals surface area contributed by atoms with Crippen molar-refractivity contribution < 1.29 is 9.90 Å². The predicted octanol–water partition coefficient (Wildman–Crippen LogP) is 2.87. The molecule has 1 aliphatic carbocycles. The van der Waals surface area contributed by atoms with E-state index < -0.39 is 12.0 Å². The van der Waals surface area contributed by atoms with Crippen LogP contribution in [0.2, 0.25) is 0 Å². The van der Waals surface area contributed by atoms with Crippen LogP contribution in [0.5, 0.6) is 0 Å². The van der Waals surface area contributed by atoms with Crippen molar-refractivity contribution in [2.75, 3.05) is 5.32 Å². The minimum Gasteiger partial charge on any atom is -0.480 e. The fourth-order valence-corrected chi connectivity index (χ4v) is 2.88. The van der Waals surface area contributed by atoms with Gasteiger partial charge in [0.05, 0.1) is 0 Å². The lowest BCUT2D eigenvalue weighted by Gasteiger charge is -2.28. The lowest BCUT2D eigenvalue weighted by molar-refractivity contribution is -0.139. The number of rotatable bonds is 6. The van der Waals surface area contributed by atoms with Crippen LogP contribution in [0.4, 0.5) is 5.82 Å². The van der Waals surface area contributed by atoms with Crippen LogP contribution in [-0.4, -0.2) is 27.1 Å². The van der Waals surface area contributed by atoms with Crippen LogP contribution in [0.25, 0.3) is 0 Å². The predicted molar refractivity (Wildman–Crippen MR) is 77.6 cm³/mol. The SMILES string of the molecule is CCCc1cc(NC(C(=O)O)C2CCCCC2)ncn1. The van der Waals surface area contributed by atoms with Gasteiger partial charge in [-0.25, -0.2) is 14.8 Å². The van der Waals surface area contributed by atoms with E-state index in [9.17, 15) is 9.90 Å². The van der Waals surface area contributed by atoms with E-state index >= 15 is 0 Å². The van der Waals surface area contributed by atoms with Crippen molar-refractivity contribution in [1.29, 1.82) is 0 Å². The summed E-state index contributed by atoms with van der Waals surface area (Å²) >= 11 is 0. The third-order valence-corrected chi connectivity index (χ3v) is 3.92. The second-order valence-corrected chi connectivity index (χ2v) is 5.50. The standard InChI is InChI=1S/C15H23N3O2/c1-2-6-12-9-13(17-10-16-12)18-14(15(19)20)11-7-4-3-5-8-11/h9-11,14H,2-8H2,1H3,(H,19,20)(H,16,17,18). The van der Waals surface area contributed by atoms with Crippen molar-refractivity contribution in [1.82, 2.24) is 9.97 Å². The molecule has 0 bridgehead atoms. The molecule has 0 radical (unpaired) electrons. The Morgan fingerprint density at radius 1 is 1.40 bits per heavy atom. The summed E-state index contributed by atoms with van der Waals surface area (Å²) in [5.41, 5.74) is 0.956. The van der Waals surface area contributed by atoms with Crippen molar-refractivity contribution >= 4 is 11.8 Å². The van der Waals surface area contributed by atoms with Gasteiger partial charge in [0.1, 0.15) is 18.2 Å². The van der Waals surface area contributed by atoms with Crippen molar-refractivity contribution in [2.24, 2.45) is 5.92 Å². The number of carbonyl (C=O) groups is 1. The zero-order valence-electron chi connectivity index (χ0n) is 12.0. The third kappa shape index (κ3) is 3.92. The van der Waals surface area contributed by atoms with Crippen LogP contribution in [0, 0.1) is 5.92 Å². The monoisotopic (exact) mass is 277 g/mol. The van der Waals surface area contributed by atoms with E-state index in [1.54, 1.807) is 0 Å². The van der Waals surface area contributed by atoms with E-state index in [0.717, 1.165) is 44.2 Å². The first-order valence-corrected chi connectivity index (χ1v) is 7.51. The van der Waals surface area contributed by atoms with E-state index in [2.05, 4.69) is 22.2 Å². The summed E-state index contributed by atoms with van der Waals surface area (Å²) in [6.45, 7) is 2.09. The summed E-state index contributed by atoms with van der Waals surface area (Å²) in [5.74, 6) is 0.0415. The Morgan fingerprint density at radius 2 is 2.15 bits per heavy atom. The molecule has 1 aromatic rings. The lowest BCUT2D eigenvalue weighted by Crippen LogP contribution is -2.38. The molecule has 20 heavy (non-hydrogen) atoms. The molecule has 110 valence electrons. The molecule has 2 N–H and O–H groups in total. The Morgan fingerprint density at radius 3 is 2.80 bits per heavy atom. The highest BCUT2D eigenvalue weighted by Gasteiger charge is 2.29. The number of anilines is 1. The Kier molecular flexibility index (Phi) is 5.32. The first kappa shape index (κ1) is 14.8. The van der Waals surface area contributed by atoms with Crippen molar-refractivity contribution in [3.63, 3.8) is 0 Å². The van der Waals surface area contributed by atoms with Crippen LogP contribution in [0.1, 0.15) is 51.1 Å². The highest BCUT2D eigenvalue weighted by atomic mass is 16.4. The first-order chi connectivity index (χ1) is 9.70. The number of nitrogens with zero attached hydrogens (tertiary/aromatic N) is 2. The number of aromatic nitrogens is 2. The first-order valence-electron chi connectivity index (χ1n) is 7.51. The summed E-state index contributed by atoms with van der Waals surface area (Å²) in [7, 11) is 0. The summed E-state index contributed by atoms with van der Waals surface area (Å²) in [5, 5.41) is 12.5. The summed E-state index contributed by atoms with van der Waals surface area (Å²) in [4.78, 5) is 19.9. The molecule has 1 unspecified atom stereocenters. The quantitative estimate of drug-likeness (QED) is 0.836. The van der Waals surface area contributed by atoms with E-state index in [1.165, 1.54) is 12.7 Å². The summed E-state index contributed by atoms with van der Waals surface area (Å²) in [6, 6.07) is 1.32. The molecule has 0 aromatic carbocycles. The highest BCUT2D eigenvalue weighted by molar-refractivity contribution is 5.77. The van der Waals surface area contributed by atoms with Crippen LogP contribution in [-0.2, 0) is 11.2 Å². The smallest absolute Gasteiger partial charge is 0.326 e. The normalized spacial score (nSPS) is 17.6. The molecule has 1 fully saturated rings. The van der Waals surface area contributed by atoms with Gasteiger partial charge >= 0.3 is 5.97 Å². The number of aryl methyl sites for hydroxylation is 1. The second kappa shape index (κ2) is 7.22. The Hall–Kier alpha value is -1.65. The summed E-state index contributed by atoms with van der Waals surface area (Å²) < 4.78 is 0. The molecule has 0 amide bonds. The van der Waals surface area contributed by atoms with E-state index in [-0.39, 0.29) is 5.92 Å². The van der Waals surface area contributed by atoms with Crippen LogP contribution >= 0.6 is 0 Å². The molecule has 0 spiro atoms. The minimum absolute atomic E-state index is 0.200. The fourth-order valence-electron chi connectivity index (χ4n) is 2.88. The zero-order chi connectivity index (χ0) is 14.4. The van der Waals surface area contributed by atoms with Gasteiger partial charge in [0.2, 0.25) is 0 Å². The number of carboxylic acids is 1. The Balaban J connectivity index is 2.07. The topological polar surface area (TPSA) is 75.1 Å². The lowest BCUT2D eigenvalue weighted by atomic mass is 9.84. The van der Waals surface area contributed by atoms with Gasteiger partial charge in [0.15, 0.2) is 0 Å². The van der Waals surface area contributed by atoms with Gasteiger partial charge in [-0.05, 0) is 25.2 Å². The highest BCUT2D eigenvalue weighted by Crippen LogP contribution is 2.28. The van der Waals surface area contributed by atoms with E-state index in [1.807, 2.05) is 6.07 Å². The third-order valence-electron chi connectivity index (χ3n) is 3.92. The number of hydrogen-bond donors (Lipinski definition) is 2. The van der Waals surface area contributed by atoms with Gasteiger partial charge in [0.25, 0.3) is 0 Å². The Bertz CT molecular complexity index is 444. The molecule has 1 heterocycles. The molecule has 2 rings (SSSR count). The minimum atomic E-state index is -0.785. The van der Waals surface area contributed by atoms with Gasteiger partial charge in [0, 0.05) is 11.8 Å². The summed E-state index contributed by atoms with van der Waals surface area (Å²) in [6.07, 6.45) is 8.85. The fraction of sp³-hybridized carbons (Fsp3) is 0.667. The molecule has 1 saturated carbocycles. The molecular weight excluding hydrogens is 254 g/mol. The molecule has 1 aliphatic rings. The van der Waals surface area contributed by atoms with Gasteiger partial charge in [-0.3, -0.25) is 0 Å². The zero-order valence-corrected chi connectivity index (χ0v) is 12.0. The maximum atomic E-state index is 11.5.